The summed E-state index contributed by atoms with van der Waals surface area (Å²) in [6.07, 6.45) is 4.51. The third-order valence-electron chi connectivity index (χ3n) is 5.50. The Kier molecular flexibility index (Phi) is 4.23. The summed E-state index contributed by atoms with van der Waals surface area (Å²) in [6, 6.07) is 3.99. The van der Waals surface area contributed by atoms with Crippen molar-refractivity contribution in [2.45, 2.75) is 31.6 Å². The average molecular weight is 383 g/mol. The highest BCUT2D eigenvalue weighted by Crippen LogP contribution is 2.35. The number of carbonyl (C=O) groups is 1. The number of thiazole rings is 1. The molecular formula is C18H21N7OS. The Bertz CT molecular complexity index is 950. The molecule has 1 amide bonds. The minimum Gasteiger partial charge on any atom is -0.353 e. The summed E-state index contributed by atoms with van der Waals surface area (Å²) < 4.78 is 1.91. The summed E-state index contributed by atoms with van der Waals surface area (Å²) in [7, 11) is 0. The van der Waals surface area contributed by atoms with Crippen molar-refractivity contribution in [3.05, 3.63) is 34.5 Å². The lowest BCUT2D eigenvalue weighted by Gasteiger charge is -2.24. The van der Waals surface area contributed by atoms with Gasteiger partial charge < -0.3 is 9.80 Å². The van der Waals surface area contributed by atoms with Crippen LogP contribution in [0.4, 0.5) is 5.82 Å². The van der Waals surface area contributed by atoms with Gasteiger partial charge in [-0.1, -0.05) is 6.42 Å². The van der Waals surface area contributed by atoms with Crippen LogP contribution in [0.15, 0.2) is 23.0 Å². The quantitative estimate of drug-likeness (QED) is 0.690. The summed E-state index contributed by atoms with van der Waals surface area (Å²) in [5, 5.41) is 15.3. The molecule has 140 valence electrons. The monoisotopic (exact) mass is 383 g/mol. The average Bonchev–Trinajstić information content (AvgIpc) is 3.25. The highest BCUT2D eigenvalue weighted by atomic mass is 32.1. The Labute approximate surface area is 160 Å². The number of nitrogens with zero attached hydrogens (tertiary/aromatic N) is 7. The number of anilines is 1. The van der Waals surface area contributed by atoms with Crippen LogP contribution in [0.5, 0.6) is 0 Å². The van der Waals surface area contributed by atoms with Gasteiger partial charge in [-0.15, -0.1) is 26.6 Å². The molecule has 4 heterocycles. The van der Waals surface area contributed by atoms with Crippen LogP contribution >= 0.6 is 11.3 Å². The minimum atomic E-state index is 0.0209. The summed E-state index contributed by atoms with van der Waals surface area (Å²) in [5.41, 5.74) is 3.05. The summed E-state index contributed by atoms with van der Waals surface area (Å²) >= 11 is 1.45. The predicted molar refractivity (Wildman–Crippen MR) is 102 cm³/mol. The van der Waals surface area contributed by atoms with Gasteiger partial charge in [0.15, 0.2) is 11.5 Å². The van der Waals surface area contributed by atoms with Crippen LogP contribution in [0, 0.1) is 0 Å². The molecule has 8 nitrogen and oxygen atoms in total. The zero-order valence-corrected chi connectivity index (χ0v) is 15.8. The molecule has 5 rings (SSSR count). The van der Waals surface area contributed by atoms with Crippen molar-refractivity contribution < 1.29 is 4.79 Å². The largest absolute Gasteiger partial charge is 0.353 e. The maximum absolute atomic E-state index is 12.6. The van der Waals surface area contributed by atoms with E-state index in [0.717, 1.165) is 43.3 Å². The maximum Gasteiger partial charge on any atom is 0.273 e. The lowest BCUT2D eigenvalue weighted by atomic mass is 9.85. The third-order valence-corrected chi connectivity index (χ3v) is 6.09. The fourth-order valence-corrected chi connectivity index (χ4v) is 4.24. The van der Waals surface area contributed by atoms with E-state index in [0.29, 0.717) is 18.2 Å². The van der Waals surface area contributed by atoms with E-state index in [-0.39, 0.29) is 5.91 Å². The van der Waals surface area contributed by atoms with E-state index in [1.165, 1.54) is 30.6 Å². The Balaban J connectivity index is 1.35. The molecule has 27 heavy (non-hydrogen) atoms. The van der Waals surface area contributed by atoms with Crippen LogP contribution in [0.25, 0.3) is 5.65 Å². The summed E-state index contributed by atoms with van der Waals surface area (Å²) in [6.45, 7) is 3.05. The van der Waals surface area contributed by atoms with Gasteiger partial charge >= 0.3 is 0 Å². The van der Waals surface area contributed by atoms with Gasteiger partial charge in [0.05, 0.1) is 5.51 Å². The van der Waals surface area contributed by atoms with E-state index >= 15 is 0 Å². The first kappa shape index (κ1) is 16.6. The van der Waals surface area contributed by atoms with Gasteiger partial charge in [-0.2, -0.15) is 4.52 Å². The molecule has 1 saturated carbocycles. The Morgan fingerprint density at radius 3 is 2.78 bits per heavy atom. The van der Waals surface area contributed by atoms with Crippen molar-refractivity contribution >= 4 is 28.7 Å². The smallest absolute Gasteiger partial charge is 0.273 e. The molecule has 2 fully saturated rings. The molecule has 0 N–H and O–H groups in total. The van der Waals surface area contributed by atoms with Gasteiger partial charge in [0, 0.05) is 37.5 Å². The fraction of sp³-hybridized carbons (Fsp3) is 0.500. The number of carbonyl (C=O) groups excluding carboxylic acids is 1. The van der Waals surface area contributed by atoms with E-state index in [1.54, 1.807) is 5.51 Å². The molecule has 0 atom stereocenters. The number of aromatic nitrogens is 5. The minimum absolute atomic E-state index is 0.0209. The highest BCUT2D eigenvalue weighted by Gasteiger charge is 2.26. The van der Waals surface area contributed by atoms with Gasteiger partial charge in [0.25, 0.3) is 5.91 Å². The Hall–Kier alpha value is -2.55. The van der Waals surface area contributed by atoms with Crippen LogP contribution in [0.2, 0.25) is 0 Å². The van der Waals surface area contributed by atoms with Gasteiger partial charge in [-0.25, -0.2) is 4.98 Å². The molecule has 1 saturated heterocycles. The number of amides is 1. The molecule has 1 aliphatic carbocycles. The normalized spacial score (nSPS) is 18.5. The first-order valence-corrected chi connectivity index (χ1v) is 10.4. The van der Waals surface area contributed by atoms with Gasteiger partial charge in [-0.05, 0) is 31.4 Å². The van der Waals surface area contributed by atoms with Gasteiger partial charge in [-0.3, -0.25) is 4.79 Å². The van der Waals surface area contributed by atoms with E-state index in [9.17, 15) is 4.79 Å². The fourth-order valence-electron chi connectivity index (χ4n) is 3.72. The number of rotatable bonds is 3. The van der Waals surface area contributed by atoms with E-state index in [1.807, 2.05) is 26.9 Å². The highest BCUT2D eigenvalue weighted by molar-refractivity contribution is 7.07. The van der Waals surface area contributed by atoms with Crippen LogP contribution in [-0.4, -0.2) is 61.8 Å². The second-order valence-corrected chi connectivity index (χ2v) is 7.87. The van der Waals surface area contributed by atoms with Crippen LogP contribution in [0.1, 0.15) is 47.9 Å². The van der Waals surface area contributed by atoms with Crippen molar-refractivity contribution in [2.24, 2.45) is 0 Å². The van der Waals surface area contributed by atoms with Crippen LogP contribution < -0.4 is 4.90 Å². The molecule has 0 radical (unpaired) electrons. The van der Waals surface area contributed by atoms with Gasteiger partial charge in [0.1, 0.15) is 11.5 Å². The lowest BCUT2D eigenvalue weighted by Crippen LogP contribution is -2.35. The second-order valence-electron chi connectivity index (χ2n) is 7.15. The topological polar surface area (TPSA) is 79.5 Å². The molecule has 0 bridgehead atoms. The number of hydrogen-bond donors (Lipinski definition) is 0. The first-order valence-electron chi connectivity index (χ1n) is 9.44. The molecule has 3 aromatic heterocycles. The molecule has 0 unspecified atom stereocenters. The van der Waals surface area contributed by atoms with Crippen molar-refractivity contribution in [1.82, 2.24) is 29.7 Å². The summed E-state index contributed by atoms with van der Waals surface area (Å²) in [4.78, 5) is 20.9. The molecule has 1 aliphatic heterocycles. The number of fused-ring (bicyclic) bond motifs is 1. The molecular weight excluding hydrogens is 362 g/mol. The maximum atomic E-state index is 12.6. The first-order chi connectivity index (χ1) is 13.3. The predicted octanol–water partition coefficient (Wildman–Crippen LogP) is 2.20. The number of hydrogen-bond acceptors (Lipinski definition) is 7. The van der Waals surface area contributed by atoms with Crippen LogP contribution in [-0.2, 0) is 0 Å². The van der Waals surface area contributed by atoms with Crippen molar-refractivity contribution in [1.29, 1.82) is 0 Å². The lowest BCUT2D eigenvalue weighted by molar-refractivity contribution is 0.0762. The van der Waals surface area contributed by atoms with Crippen LogP contribution in [0.3, 0.4) is 0 Å². The van der Waals surface area contributed by atoms with Crippen molar-refractivity contribution in [3.8, 4) is 0 Å². The van der Waals surface area contributed by atoms with Gasteiger partial charge in [0.2, 0.25) is 0 Å². The third kappa shape index (κ3) is 3.05. The Morgan fingerprint density at radius 1 is 1.07 bits per heavy atom. The summed E-state index contributed by atoms with van der Waals surface area (Å²) in [5.74, 6) is 2.41. The molecule has 3 aromatic rings. The molecule has 0 aromatic carbocycles. The molecule has 9 heteroatoms. The molecule has 0 spiro atoms. The zero-order valence-electron chi connectivity index (χ0n) is 15.0. The van der Waals surface area contributed by atoms with E-state index < -0.39 is 0 Å². The SMILES string of the molecule is O=C(c1cscn1)N1CCCN(c2ccc3nnc(C4CCC4)n3n2)CC1. The van der Waals surface area contributed by atoms with E-state index in [2.05, 4.69) is 20.1 Å². The van der Waals surface area contributed by atoms with Crippen molar-refractivity contribution in [2.75, 3.05) is 31.1 Å². The molecule has 2 aliphatic rings. The zero-order chi connectivity index (χ0) is 18.2. The standard InChI is InChI=1S/C18H21N7OS/c26-18(14-11-27-12-19-14)24-8-2-7-23(9-10-24)16-6-5-15-20-21-17(25(15)22-16)13-3-1-4-13/h5-6,11-13H,1-4,7-10H2. The second kappa shape index (κ2) is 6.88. The Morgan fingerprint density at radius 2 is 2.00 bits per heavy atom. The van der Waals surface area contributed by atoms with Crippen molar-refractivity contribution in [3.63, 3.8) is 0 Å². The van der Waals surface area contributed by atoms with E-state index in [4.69, 9.17) is 5.10 Å².